The fourth-order valence-corrected chi connectivity index (χ4v) is 3.75. The zero-order chi connectivity index (χ0) is 20.9. The van der Waals surface area contributed by atoms with Gasteiger partial charge in [-0.15, -0.1) is 0 Å². The Morgan fingerprint density at radius 1 is 1.00 bits per heavy atom. The second kappa shape index (κ2) is 8.92. The Hall–Kier alpha value is -3.45. The molecule has 0 aliphatic rings. The van der Waals surface area contributed by atoms with Crippen molar-refractivity contribution >= 4 is 17.7 Å². The summed E-state index contributed by atoms with van der Waals surface area (Å²) in [7, 11) is 0. The lowest BCUT2D eigenvalue weighted by molar-refractivity contribution is 0.0935. The number of pyridine rings is 1. The van der Waals surface area contributed by atoms with Gasteiger partial charge in [-0.1, -0.05) is 48.2 Å². The first-order valence-electron chi connectivity index (χ1n) is 9.32. The zero-order valence-electron chi connectivity index (χ0n) is 16.2. The summed E-state index contributed by atoms with van der Waals surface area (Å²) in [5.74, 6) is -0.638. The lowest BCUT2D eigenvalue weighted by Gasteiger charge is -2.19. The molecule has 1 atom stereocenters. The molecule has 0 aliphatic heterocycles. The molecule has 2 aromatic heterocycles. The molecule has 0 spiro atoms. The van der Waals surface area contributed by atoms with Crippen LogP contribution in [-0.4, -0.2) is 26.7 Å². The number of nitrogens with zero attached hydrogens (tertiary/aromatic N) is 3. The quantitative estimate of drug-likeness (QED) is 0.463. The highest BCUT2D eigenvalue weighted by atomic mass is 32.2. The Morgan fingerprint density at radius 3 is 2.40 bits per heavy atom. The van der Waals surface area contributed by atoms with Crippen molar-refractivity contribution in [1.29, 1.82) is 0 Å². The van der Waals surface area contributed by atoms with Crippen molar-refractivity contribution in [1.82, 2.24) is 19.9 Å². The molecule has 1 amide bonds. The van der Waals surface area contributed by atoms with Crippen LogP contribution in [0.25, 0.3) is 5.69 Å². The first-order valence-corrected chi connectivity index (χ1v) is 10.5. The van der Waals surface area contributed by atoms with Gasteiger partial charge in [0.05, 0.1) is 17.9 Å². The van der Waals surface area contributed by atoms with E-state index in [1.165, 1.54) is 30.1 Å². The van der Waals surface area contributed by atoms with Gasteiger partial charge in [-0.3, -0.25) is 14.3 Å². The first-order chi connectivity index (χ1) is 14.7. The van der Waals surface area contributed by atoms with Gasteiger partial charge in [0, 0.05) is 11.9 Å². The lowest BCUT2D eigenvalue weighted by Crippen LogP contribution is -2.31. The molecule has 7 heteroatoms. The van der Waals surface area contributed by atoms with E-state index in [0.29, 0.717) is 16.5 Å². The molecule has 1 unspecified atom stereocenters. The topological polar surface area (TPSA) is 59.8 Å². The van der Waals surface area contributed by atoms with Crippen LogP contribution in [0.3, 0.4) is 0 Å². The van der Waals surface area contributed by atoms with Gasteiger partial charge in [-0.25, -0.2) is 9.37 Å². The monoisotopic (exact) mass is 418 g/mol. The third-order valence-corrected chi connectivity index (χ3v) is 5.27. The van der Waals surface area contributed by atoms with E-state index >= 15 is 0 Å². The molecule has 30 heavy (non-hydrogen) atoms. The van der Waals surface area contributed by atoms with E-state index in [9.17, 15) is 9.18 Å². The maximum atomic E-state index is 13.4. The largest absolute Gasteiger partial charge is 0.338 e. The van der Waals surface area contributed by atoms with Crippen LogP contribution >= 0.6 is 11.8 Å². The SMILES string of the molecule is CSc1ncc(C(=O)NC(c2ccccc2)c2ccccn2)n1-c1ccc(F)cc1. The Balaban J connectivity index is 1.72. The number of thioether (sulfide) groups is 1. The lowest BCUT2D eigenvalue weighted by atomic mass is 10.0. The summed E-state index contributed by atoms with van der Waals surface area (Å²) in [6.07, 6.45) is 5.11. The number of nitrogens with one attached hydrogen (secondary N) is 1. The number of carbonyl (C=O) groups is 1. The average molecular weight is 418 g/mol. The van der Waals surface area contributed by atoms with Gasteiger partial charge in [0.1, 0.15) is 11.5 Å². The number of hydrogen-bond donors (Lipinski definition) is 1. The van der Waals surface area contributed by atoms with Crippen LogP contribution in [0, 0.1) is 5.82 Å². The number of amides is 1. The number of hydrogen-bond acceptors (Lipinski definition) is 4. The molecule has 1 N–H and O–H groups in total. The van der Waals surface area contributed by atoms with Crippen molar-refractivity contribution in [3.8, 4) is 5.69 Å². The normalized spacial score (nSPS) is 11.8. The molecule has 4 rings (SSSR count). The zero-order valence-corrected chi connectivity index (χ0v) is 17.0. The molecule has 4 aromatic rings. The molecule has 0 bridgehead atoms. The number of aromatic nitrogens is 3. The van der Waals surface area contributed by atoms with Crippen molar-refractivity contribution in [2.75, 3.05) is 6.26 Å². The summed E-state index contributed by atoms with van der Waals surface area (Å²) in [6.45, 7) is 0. The standard InChI is InChI=1S/C23H19FN4OS/c1-30-23-26-15-20(28(23)18-12-10-17(24)11-13-18)22(29)27-21(16-7-3-2-4-8-16)19-9-5-6-14-25-19/h2-15,21H,1H3,(H,27,29). The van der Waals surface area contributed by atoms with E-state index in [0.717, 1.165) is 11.3 Å². The van der Waals surface area contributed by atoms with E-state index in [2.05, 4.69) is 15.3 Å². The van der Waals surface area contributed by atoms with Crippen LogP contribution in [0.1, 0.15) is 27.8 Å². The van der Waals surface area contributed by atoms with Crippen LogP contribution in [0.5, 0.6) is 0 Å². The summed E-state index contributed by atoms with van der Waals surface area (Å²) in [5, 5.41) is 3.72. The van der Waals surface area contributed by atoms with Gasteiger partial charge in [0.25, 0.3) is 5.91 Å². The molecular formula is C23H19FN4OS. The fraction of sp³-hybridized carbons (Fsp3) is 0.0870. The summed E-state index contributed by atoms with van der Waals surface area (Å²) < 4.78 is 15.1. The highest BCUT2D eigenvalue weighted by Gasteiger charge is 2.23. The third-order valence-electron chi connectivity index (χ3n) is 4.62. The van der Waals surface area contributed by atoms with Gasteiger partial charge >= 0.3 is 0 Å². The molecule has 0 aliphatic carbocycles. The highest BCUT2D eigenvalue weighted by molar-refractivity contribution is 7.98. The van der Waals surface area contributed by atoms with Crippen LogP contribution in [0.2, 0.25) is 0 Å². The van der Waals surface area contributed by atoms with Crippen molar-refractivity contribution < 1.29 is 9.18 Å². The van der Waals surface area contributed by atoms with Crippen molar-refractivity contribution in [3.63, 3.8) is 0 Å². The van der Waals surface area contributed by atoms with Crippen LogP contribution in [-0.2, 0) is 0 Å². The van der Waals surface area contributed by atoms with Crippen molar-refractivity contribution in [3.05, 3.63) is 108 Å². The number of rotatable bonds is 6. The van der Waals surface area contributed by atoms with Gasteiger partial charge in [-0.2, -0.15) is 0 Å². The second-order valence-corrected chi connectivity index (χ2v) is 7.29. The Morgan fingerprint density at radius 2 is 1.73 bits per heavy atom. The Labute approximate surface area is 178 Å². The van der Waals surface area contributed by atoms with E-state index in [1.807, 2.05) is 54.8 Å². The van der Waals surface area contributed by atoms with Crippen molar-refractivity contribution in [2.45, 2.75) is 11.2 Å². The van der Waals surface area contributed by atoms with Gasteiger partial charge < -0.3 is 5.32 Å². The van der Waals surface area contributed by atoms with E-state index in [4.69, 9.17) is 0 Å². The molecule has 2 aromatic carbocycles. The predicted molar refractivity (Wildman–Crippen MR) is 115 cm³/mol. The number of carbonyl (C=O) groups excluding carboxylic acids is 1. The summed E-state index contributed by atoms with van der Waals surface area (Å²) in [5.41, 5.74) is 2.68. The van der Waals surface area contributed by atoms with E-state index in [1.54, 1.807) is 22.9 Å². The second-order valence-electron chi connectivity index (χ2n) is 6.51. The molecule has 0 fully saturated rings. The summed E-state index contributed by atoms with van der Waals surface area (Å²) in [6, 6.07) is 20.8. The minimum atomic E-state index is -0.422. The molecule has 5 nitrogen and oxygen atoms in total. The minimum absolute atomic E-state index is 0.299. The molecule has 150 valence electrons. The summed E-state index contributed by atoms with van der Waals surface area (Å²) >= 11 is 1.41. The Bertz CT molecular complexity index is 1090. The number of imidazole rings is 1. The van der Waals surface area contributed by atoms with Crippen LogP contribution in [0.15, 0.2) is 90.3 Å². The van der Waals surface area contributed by atoms with Crippen LogP contribution in [0.4, 0.5) is 4.39 Å². The van der Waals surface area contributed by atoms with E-state index < -0.39 is 6.04 Å². The fourth-order valence-electron chi connectivity index (χ4n) is 3.20. The number of benzene rings is 2. The average Bonchev–Trinajstić information content (AvgIpc) is 3.23. The molecule has 0 radical (unpaired) electrons. The number of halogens is 1. The van der Waals surface area contributed by atoms with Crippen LogP contribution < -0.4 is 5.32 Å². The maximum Gasteiger partial charge on any atom is 0.270 e. The molecule has 0 saturated carbocycles. The Kier molecular flexibility index (Phi) is 5.90. The van der Waals surface area contributed by atoms with Gasteiger partial charge in [-0.05, 0) is 48.2 Å². The highest BCUT2D eigenvalue weighted by Crippen LogP contribution is 2.24. The smallest absolute Gasteiger partial charge is 0.270 e. The molecule has 0 saturated heterocycles. The minimum Gasteiger partial charge on any atom is -0.338 e. The van der Waals surface area contributed by atoms with Gasteiger partial charge in [0.2, 0.25) is 0 Å². The summed E-state index contributed by atoms with van der Waals surface area (Å²) in [4.78, 5) is 22.1. The first kappa shape index (κ1) is 19.8. The predicted octanol–water partition coefficient (Wildman–Crippen LogP) is 4.65. The molecular weight excluding hydrogens is 399 g/mol. The van der Waals surface area contributed by atoms with E-state index in [-0.39, 0.29) is 11.7 Å². The van der Waals surface area contributed by atoms with Gasteiger partial charge in [0.15, 0.2) is 5.16 Å². The molecule has 2 heterocycles. The third kappa shape index (κ3) is 4.11. The van der Waals surface area contributed by atoms with Crippen molar-refractivity contribution in [2.24, 2.45) is 0 Å². The maximum absolute atomic E-state index is 13.4.